The molecule has 2 amide bonds. The van der Waals surface area contributed by atoms with E-state index in [2.05, 4.69) is 10.2 Å². The summed E-state index contributed by atoms with van der Waals surface area (Å²) in [6.45, 7) is 3.94. The molecule has 6 nitrogen and oxygen atoms in total. The Bertz CT molecular complexity index is 359. The first-order valence-electron chi connectivity index (χ1n) is 8.00. The second-order valence-corrected chi connectivity index (χ2v) is 6.31. The molecule has 0 unspecified atom stereocenters. The molecule has 1 heterocycles. The van der Waals surface area contributed by atoms with Gasteiger partial charge in [0.2, 0.25) is 11.8 Å². The van der Waals surface area contributed by atoms with Crippen molar-refractivity contribution in [2.24, 2.45) is 0 Å². The molecule has 1 aliphatic heterocycles. The molecule has 1 N–H and O–H groups in total. The predicted octanol–water partition coefficient (Wildman–Crippen LogP) is -0.249. The SMILES string of the molecule is CN(C)C(=O)CN1CCN(C(=O)CNC2CCCC2)CC1. The molecule has 0 atom stereocenters. The van der Waals surface area contributed by atoms with Crippen LogP contribution in [0.2, 0.25) is 0 Å². The number of piperazine rings is 1. The van der Waals surface area contributed by atoms with Gasteiger partial charge < -0.3 is 15.1 Å². The van der Waals surface area contributed by atoms with Crippen molar-refractivity contribution < 1.29 is 9.59 Å². The van der Waals surface area contributed by atoms with Crippen LogP contribution in [0.4, 0.5) is 0 Å². The van der Waals surface area contributed by atoms with Gasteiger partial charge in [-0.25, -0.2) is 0 Å². The van der Waals surface area contributed by atoms with Gasteiger partial charge in [-0.05, 0) is 12.8 Å². The molecule has 0 aromatic rings. The number of likely N-dealkylation sites (N-methyl/N-ethyl adjacent to an activating group) is 1. The van der Waals surface area contributed by atoms with Crippen molar-refractivity contribution in [1.82, 2.24) is 20.0 Å². The lowest BCUT2D eigenvalue weighted by Gasteiger charge is -2.35. The maximum Gasteiger partial charge on any atom is 0.236 e. The number of nitrogens with zero attached hydrogens (tertiary/aromatic N) is 3. The molecule has 0 bridgehead atoms. The van der Waals surface area contributed by atoms with Crippen molar-refractivity contribution in [2.45, 2.75) is 31.7 Å². The number of hydrogen-bond donors (Lipinski definition) is 1. The van der Waals surface area contributed by atoms with Crippen LogP contribution < -0.4 is 5.32 Å². The van der Waals surface area contributed by atoms with Gasteiger partial charge in [0.25, 0.3) is 0 Å². The van der Waals surface area contributed by atoms with Crippen molar-refractivity contribution in [3.63, 3.8) is 0 Å². The van der Waals surface area contributed by atoms with Crippen LogP contribution in [0.3, 0.4) is 0 Å². The van der Waals surface area contributed by atoms with Crippen LogP contribution in [0.25, 0.3) is 0 Å². The van der Waals surface area contributed by atoms with Gasteiger partial charge in [0.1, 0.15) is 0 Å². The van der Waals surface area contributed by atoms with Crippen LogP contribution in [0.15, 0.2) is 0 Å². The Morgan fingerprint density at radius 1 is 1.10 bits per heavy atom. The molecule has 0 aromatic heterocycles. The van der Waals surface area contributed by atoms with Crippen LogP contribution in [-0.2, 0) is 9.59 Å². The largest absolute Gasteiger partial charge is 0.348 e. The molecule has 2 aliphatic rings. The highest BCUT2D eigenvalue weighted by atomic mass is 16.2. The van der Waals surface area contributed by atoms with Crippen molar-refractivity contribution in [3.8, 4) is 0 Å². The highest BCUT2D eigenvalue weighted by Crippen LogP contribution is 2.17. The summed E-state index contributed by atoms with van der Waals surface area (Å²) >= 11 is 0. The second kappa shape index (κ2) is 7.75. The molecule has 120 valence electrons. The van der Waals surface area contributed by atoms with Crippen molar-refractivity contribution in [1.29, 1.82) is 0 Å². The van der Waals surface area contributed by atoms with E-state index in [1.165, 1.54) is 25.7 Å². The number of nitrogens with one attached hydrogen (secondary N) is 1. The van der Waals surface area contributed by atoms with Crippen LogP contribution >= 0.6 is 0 Å². The summed E-state index contributed by atoms with van der Waals surface area (Å²) in [6.07, 6.45) is 4.97. The summed E-state index contributed by atoms with van der Waals surface area (Å²) in [7, 11) is 3.55. The molecule has 1 saturated heterocycles. The number of hydrogen-bond acceptors (Lipinski definition) is 4. The zero-order chi connectivity index (χ0) is 15.2. The minimum Gasteiger partial charge on any atom is -0.348 e. The van der Waals surface area contributed by atoms with E-state index in [0.717, 1.165) is 26.2 Å². The fraction of sp³-hybridized carbons (Fsp3) is 0.867. The van der Waals surface area contributed by atoms with Crippen LogP contribution in [0, 0.1) is 0 Å². The second-order valence-electron chi connectivity index (χ2n) is 6.31. The van der Waals surface area contributed by atoms with Crippen LogP contribution in [0.1, 0.15) is 25.7 Å². The molecule has 1 saturated carbocycles. The van der Waals surface area contributed by atoms with Gasteiger partial charge in [-0.3, -0.25) is 14.5 Å². The lowest BCUT2D eigenvalue weighted by molar-refractivity contribution is -0.133. The first-order valence-corrected chi connectivity index (χ1v) is 8.00. The Kier molecular flexibility index (Phi) is 5.99. The summed E-state index contributed by atoms with van der Waals surface area (Å²) in [5.74, 6) is 0.318. The van der Waals surface area contributed by atoms with E-state index in [1.54, 1.807) is 19.0 Å². The highest BCUT2D eigenvalue weighted by Gasteiger charge is 2.23. The molecule has 0 aromatic carbocycles. The summed E-state index contributed by atoms with van der Waals surface area (Å²) in [5, 5.41) is 3.37. The Morgan fingerprint density at radius 2 is 1.71 bits per heavy atom. The van der Waals surface area contributed by atoms with Crippen molar-refractivity contribution >= 4 is 11.8 Å². The smallest absolute Gasteiger partial charge is 0.236 e. The number of rotatable bonds is 5. The lowest BCUT2D eigenvalue weighted by atomic mass is 10.2. The summed E-state index contributed by atoms with van der Waals surface area (Å²) < 4.78 is 0. The lowest BCUT2D eigenvalue weighted by Crippen LogP contribution is -2.53. The first kappa shape index (κ1) is 16.2. The normalized spacial score (nSPS) is 20.8. The van der Waals surface area contributed by atoms with E-state index in [1.807, 2.05) is 4.90 Å². The molecular formula is C15H28N4O2. The van der Waals surface area contributed by atoms with E-state index in [4.69, 9.17) is 0 Å². The van der Waals surface area contributed by atoms with Gasteiger partial charge in [-0.1, -0.05) is 12.8 Å². The number of carbonyl (C=O) groups is 2. The average Bonchev–Trinajstić information content (AvgIpc) is 2.98. The monoisotopic (exact) mass is 296 g/mol. The minimum atomic E-state index is 0.123. The third kappa shape index (κ3) is 4.97. The standard InChI is InChI=1S/C15H28N4O2/c1-17(2)15(21)12-18-7-9-19(10-8-18)14(20)11-16-13-5-3-4-6-13/h13,16H,3-12H2,1-2H3. The molecule has 6 heteroatoms. The molecule has 0 spiro atoms. The van der Waals surface area contributed by atoms with Crippen LogP contribution in [0.5, 0.6) is 0 Å². The fourth-order valence-corrected chi connectivity index (χ4v) is 2.96. The average molecular weight is 296 g/mol. The summed E-state index contributed by atoms with van der Waals surface area (Å²) in [6, 6.07) is 0.535. The molecule has 2 fully saturated rings. The number of amides is 2. The zero-order valence-electron chi connectivity index (χ0n) is 13.3. The molecular weight excluding hydrogens is 268 g/mol. The van der Waals surface area contributed by atoms with Gasteiger partial charge in [0.05, 0.1) is 13.1 Å². The molecule has 21 heavy (non-hydrogen) atoms. The van der Waals surface area contributed by atoms with Crippen molar-refractivity contribution in [3.05, 3.63) is 0 Å². The Balaban J connectivity index is 1.65. The van der Waals surface area contributed by atoms with E-state index >= 15 is 0 Å². The van der Waals surface area contributed by atoms with Crippen molar-refractivity contribution in [2.75, 3.05) is 53.4 Å². The minimum absolute atomic E-state index is 0.123. The van der Waals surface area contributed by atoms with Crippen LogP contribution in [-0.4, -0.2) is 85.9 Å². The topological polar surface area (TPSA) is 55.9 Å². The quantitative estimate of drug-likeness (QED) is 0.760. The van der Waals surface area contributed by atoms with Gasteiger partial charge in [0, 0.05) is 46.3 Å². The van der Waals surface area contributed by atoms with E-state index in [0.29, 0.717) is 19.1 Å². The molecule has 1 aliphatic carbocycles. The maximum absolute atomic E-state index is 12.2. The van der Waals surface area contributed by atoms with E-state index in [9.17, 15) is 9.59 Å². The van der Waals surface area contributed by atoms with E-state index in [-0.39, 0.29) is 11.8 Å². The first-order chi connectivity index (χ1) is 10.1. The Labute approximate surface area is 127 Å². The predicted molar refractivity (Wildman–Crippen MR) is 82.0 cm³/mol. The van der Waals surface area contributed by atoms with Gasteiger partial charge in [-0.15, -0.1) is 0 Å². The Morgan fingerprint density at radius 3 is 2.29 bits per heavy atom. The fourth-order valence-electron chi connectivity index (χ4n) is 2.96. The van der Waals surface area contributed by atoms with Gasteiger partial charge in [-0.2, -0.15) is 0 Å². The summed E-state index contributed by atoms with van der Waals surface area (Å²) in [5.41, 5.74) is 0. The zero-order valence-corrected chi connectivity index (χ0v) is 13.3. The maximum atomic E-state index is 12.2. The summed E-state index contributed by atoms with van der Waals surface area (Å²) in [4.78, 5) is 29.5. The third-order valence-corrected chi connectivity index (χ3v) is 4.48. The molecule has 2 rings (SSSR count). The van der Waals surface area contributed by atoms with Gasteiger partial charge in [0.15, 0.2) is 0 Å². The highest BCUT2D eigenvalue weighted by molar-refractivity contribution is 5.79. The number of carbonyl (C=O) groups excluding carboxylic acids is 2. The third-order valence-electron chi connectivity index (χ3n) is 4.48. The van der Waals surface area contributed by atoms with E-state index < -0.39 is 0 Å². The van der Waals surface area contributed by atoms with Gasteiger partial charge >= 0.3 is 0 Å². The Hall–Kier alpha value is -1.14. The molecule has 0 radical (unpaired) electrons.